The molecule has 4 heteroatoms. The van der Waals surface area contributed by atoms with Crippen molar-refractivity contribution in [2.75, 3.05) is 0 Å². The van der Waals surface area contributed by atoms with Crippen molar-refractivity contribution in [3.05, 3.63) is 96.3 Å². The molecule has 0 saturated carbocycles. The highest BCUT2D eigenvalue weighted by Gasteiger charge is 2.03. The van der Waals surface area contributed by atoms with E-state index < -0.39 is 0 Å². The van der Waals surface area contributed by atoms with Gasteiger partial charge >= 0.3 is 0 Å². The molecule has 0 bridgehead atoms. The molecule has 4 nitrogen and oxygen atoms in total. The highest BCUT2D eigenvalue weighted by Crippen LogP contribution is 2.07. The van der Waals surface area contributed by atoms with Crippen LogP contribution in [0.3, 0.4) is 0 Å². The Labute approximate surface area is 242 Å². The Morgan fingerprint density at radius 1 is 0.949 bits per heavy atom. The molecule has 0 saturated heterocycles. The Hall–Kier alpha value is -3.14. The number of aromatic nitrogens is 2. The summed E-state index contributed by atoms with van der Waals surface area (Å²) in [6.07, 6.45) is 16.5. The summed E-state index contributed by atoms with van der Waals surface area (Å²) in [5, 5.41) is 8.76. The van der Waals surface area contributed by atoms with Crippen molar-refractivity contribution in [2.24, 2.45) is 4.99 Å². The van der Waals surface area contributed by atoms with E-state index in [1.807, 2.05) is 99.6 Å². The Balaban J connectivity index is -0.000000205. The van der Waals surface area contributed by atoms with E-state index in [4.69, 9.17) is 5.11 Å². The smallest absolute Gasteiger partial charge is 0.115 e. The first-order valence-corrected chi connectivity index (χ1v) is 14.5. The lowest BCUT2D eigenvalue weighted by Gasteiger charge is -1.96. The number of aromatic hydroxyl groups is 1. The zero-order valence-electron chi connectivity index (χ0n) is 27.5. The average molecular weight is 540 g/mol. The lowest BCUT2D eigenvalue weighted by atomic mass is 10.2. The van der Waals surface area contributed by atoms with E-state index >= 15 is 0 Å². The van der Waals surface area contributed by atoms with Gasteiger partial charge in [0.25, 0.3) is 0 Å². The van der Waals surface area contributed by atoms with Gasteiger partial charge in [0.05, 0.1) is 12.0 Å². The van der Waals surface area contributed by atoms with E-state index in [1.165, 1.54) is 43.2 Å². The maximum absolute atomic E-state index is 8.76. The first-order valence-electron chi connectivity index (χ1n) is 14.5. The highest BCUT2D eigenvalue weighted by molar-refractivity contribution is 5.98. The van der Waals surface area contributed by atoms with Crippen molar-refractivity contribution in [3.8, 4) is 5.75 Å². The second-order valence-electron chi connectivity index (χ2n) is 8.35. The van der Waals surface area contributed by atoms with Crippen molar-refractivity contribution < 1.29 is 5.11 Å². The standard InChI is InChI=1S/C9H13N3.C8H12.C7H8O.C7H16.2C2H6/c1-6(2)12-8(4)9-7(3)10-5-11-9;1-4-6-8(3)7-5-2;1-6-2-4-7(8)5-3-6;1-3-5-7-6-4-2;2*1-2/h5H,1H2,2-4H3,(H,10,11);4-7H,1H2,2-3H3;2-5,8H,1H3;3-7H2,1-2H3;2*1-2H3/b;7-5-,8-6-;;;;. The van der Waals surface area contributed by atoms with E-state index in [9.17, 15) is 0 Å². The molecule has 0 aliphatic rings. The summed E-state index contributed by atoms with van der Waals surface area (Å²) in [6, 6.07) is 7.09. The third-order valence-electron chi connectivity index (χ3n) is 4.58. The fourth-order valence-electron chi connectivity index (χ4n) is 2.79. The summed E-state index contributed by atoms with van der Waals surface area (Å²) < 4.78 is 0. The second-order valence-corrected chi connectivity index (χ2v) is 8.35. The zero-order chi connectivity index (χ0) is 31.1. The molecule has 0 radical (unpaired) electrons. The van der Waals surface area contributed by atoms with Crippen LogP contribution in [0.25, 0.3) is 0 Å². The molecule has 0 aliphatic carbocycles. The predicted octanol–water partition coefficient (Wildman–Crippen LogP) is 11.5. The maximum Gasteiger partial charge on any atom is 0.115 e. The van der Waals surface area contributed by atoms with Crippen LogP contribution in [0.15, 0.2) is 84.3 Å². The van der Waals surface area contributed by atoms with Crippen LogP contribution >= 0.6 is 0 Å². The Morgan fingerprint density at radius 3 is 1.79 bits per heavy atom. The molecule has 0 unspecified atom stereocenters. The largest absolute Gasteiger partial charge is 0.508 e. The van der Waals surface area contributed by atoms with Crippen molar-refractivity contribution >= 4 is 5.71 Å². The van der Waals surface area contributed by atoms with Crippen molar-refractivity contribution in [1.82, 2.24) is 9.97 Å². The molecule has 1 aromatic heterocycles. The summed E-state index contributed by atoms with van der Waals surface area (Å²) in [7, 11) is 0. The maximum atomic E-state index is 8.76. The normalized spacial score (nSPS) is 10.1. The quantitative estimate of drug-likeness (QED) is 0.199. The van der Waals surface area contributed by atoms with Gasteiger partial charge in [-0.3, -0.25) is 4.99 Å². The molecular formula is C35H61N3O. The molecule has 1 aromatic carbocycles. The number of hydrogen-bond donors (Lipinski definition) is 2. The minimum atomic E-state index is 0.329. The topological polar surface area (TPSA) is 61.3 Å². The van der Waals surface area contributed by atoms with E-state index in [1.54, 1.807) is 24.5 Å². The van der Waals surface area contributed by atoms with Gasteiger partial charge in [0.2, 0.25) is 0 Å². The van der Waals surface area contributed by atoms with Gasteiger partial charge in [-0.15, -0.1) is 0 Å². The van der Waals surface area contributed by atoms with Crippen LogP contribution in [-0.4, -0.2) is 20.8 Å². The van der Waals surface area contributed by atoms with Crippen molar-refractivity contribution in [3.63, 3.8) is 0 Å². The van der Waals surface area contributed by atoms with E-state index in [0.717, 1.165) is 22.8 Å². The van der Waals surface area contributed by atoms with E-state index in [2.05, 4.69) is 42.0 Å². The van der Waals surface area contributed by atoms with Crippen LogP contribution in [0.5, 0.6) is 5.75 Å². The summed E-state index contributed by atoms with van der Waals surface area (Å²) >= 11 is 0. The lowest BCUT2D eigenvalue weighted by Crippen LogP contribution is -1.97. The van der Waals surface area contributed by atoms with Crippen molar-refractivity contribution in [1.29, 1.82) is 0 Å². The Morgan fingerprint density at radius 2 is 1.46 bits per heavy atom. The SMILES string of the molecule is C=C(C)N=C(C)c1nc[nH]c1C.C=C/C=C(C)\C=C/C.CC.CC.CCCCCCC.Cc1ccc(O)cc1. The number of rotatable bonds is 8. The number of phenols is 1. The molecule has 222 valence electrons. The van der Waals surface area contributed by atoms with Gasteiger partial charge < -0.3 is 10.1 Å². The molecule has 39 heavy (non-hydrogen) atoms. The van der Waals surface area contributed by atoms with Gasteiger partial charge in [-0.25, -0.2) is 4.98 Å². The van der Waals surface area contributed by atoms with Crippen LogP contribution in [0.4, 0.5) is 0 Å². The summed E-state index contributed by atoms with van der Waals surface area (Å²) in [4.78, 5) is 11.4. The fourth-order valence-corrected chi connectivity index (χ4v) is 2.79. The Bertz CT molecular complexity index is 875. The number of allylic oxidation sites excluding steroid dienone is 6. The van der Waals surface area contributed by atoms with E-state index in [0.29, 0.717) is 5.75 Å². The molecule has 2 aromatic rings. The van der Waals surface area contributed by atoms with Gasteiger partial charge in [-0.1, -0.05) is 134 Å². The molecule has 2 N–H and O–H groups in total. The van der Waals surface area contributed by atoms with Gasteiger partial charge in [0, 0.05) is 11.4 Å². The third kappa shape index (κ3) is 31.0. The number of aromatic amines is 1. The number of nitrogens with zero attached hydrogens (tertiary/aromatic N) is 2. The van der Waals surface area contributed by atoms with Gasteiger partial charge in [0.1, 0.15) is 11.4 Å². The first-order chi connectivity index (χ1) is 18.6. The number of hydrogen-bond acceptors (Lipinski definition) is 3. The number of nitrogens with one attached hydrogen (secondary N) is 1. The number of phenolic OH excluding ortho intramolecular Hbond substituents is 1. The number of H-pyrrole nitrogens is 1. The number of aryl methyl sites for hydroxylation is 2. The van der Waals surface area contributed by atoms with Gasteiger partial charge in [0.15, 0.2) is 0 Å². The number of imidazole rings is 1. The van der Waals surface area contributed by atoms with Crippen LogP contribution in [0.2, 0.25) is 0 Å². The lowest BCUT2D eigenvalue weighted by molar-refractivity contribution is 0.475. The molecule has 0 fully saturated rings. The van der Waals surface area contributed by atoms with Crippen LogP contribution in [0, 0.1) is 13.8 Å². The summed E-state index contributed by atoms with van der Waals surface area (Å²) in [5.74, 6) is 0.329. The van der Waals surface area contributed by atoms with Crippen LogP contribution in [0.1, 0.15) is 118 Å². The zero-order valence-corrected chi connectivity index (χ0v) is 27.5. The average Bonchev–Trinajstić information content (AvgIpc) is 3.36. The third-order valence-corrected chi connectivity index (χ3v) is 4.58. The summed E-state index contributed by atoms with van der Waals surface area (Å²) in [6.45, 7) is 31.6. The fraction of sp³-hybridized carbons (Fsp3) is 0.486. The Kier molecular flexibility index (Phi) is 36.2. The molecule has 2 rings (SSSR count). The highest BCUT2D eigenvalue weighted by atomic mass is 16.3. The first kappa shape index (κ1) is 42.9. The van der Waals surface area contributed by atoms with Gasteiger partial charge in [-0.2, -0.15) is 0 Å². The molecular weight excluding hydrogens is 478 g/mol. The molecule has 0 amide bonds. The number of unbranched alkanes of at least 4 members (excludes halogenated alkanes) is 4. The molecule has 1 heterocycles. The minimum absolute atomic E-state index is 0.329. The van der Waals surface area contributed by atoms with Gasteiger partial charge in [-0.05, 0) is 53.7 Å². The van der Waals surface area contributed by atoms with Crippen LogP contribution in [-0.2, 0) is 0 Å². The minimum Gasteiger partial charge on any atom is -0.508 e. The monoisotopic (exact) mass is 539 g/mol. The van der Waals surface area contributed by atoms with Crippen LogP contribution < -0.4 is 0 Å². The molecule has 0 spiro atoms. The van der Waals surface area contributed by atoms with E-state index in [-0.39, 0.29) is 0 Å². The second kappa shape index (κ2) is 32.9. The molecule has 0 atom stereocenters. The number of aliphatic imine (C=N–C) groups is 1. The molecule has 0 aliphatic heterocycles. The van der Waals surface area contributed by atoms with Crippen molar-refractivity contribution in [2.45, 2.75) is 115 Å². The predicted molar refractivity (Wildman–Crippen MR) is 179 cm³/mol. The number of benzene rings is 1. The summed E-state index contributed by atoms with van der Waals surface area (Å²) in [5.41, 5.74) is 6.07.